The highest BCUT2D eigenvalue weighted by Crippen LogP contribution is 2.40. The minimum atomic E-state index is 0.189. The molecule has 0 unspecified atom stereocenters. The van der Waals surface area contributed by atoms with Gasteiger partial charge in [-0.1, -0.05) is 42.7 Å². The summed E-state index contributed by atoms with van der Waals surface area (Å²) in [4.78, 5) is 0. The predicted octanol–water partition coefficient (Wildman–Crippen LogP) is 4.86. The van der Waals surface area contributed by atoms with Gasteiger partial charge >= 0.3 is 0 Å². The number of phenols is 2. The number of aromatic hydroxyl groups is 2. The maximum atomic E-state index is 9.65. The van der Waals surface area contributed by atoms with Gasteiger partial charge in [-0.2, -0.15) is 0 Å². The van der Waals surface area contributed by atoms with Crippen LogP contribution in [0.5, 0.6) is 11.5 Å². The van der Waals surface area contributed by atoms with E-state index in [0.717, 1.165) is 24.0 Å². The quantitative estimate of drug-likeness (QED) is 0.705. The maximum Gasteiger partial charge on any atom is 0.115 e. The Morgan fingerprint density at radius 1 is 0.800 bits per heavy atom. The van der Waals surface area contributed by atoms with Crippen molar-refractivity contribution in [3.63, 3.8) is 0 Å². The first-order valence-electron chi connectivity index (χ1n) is 9.11. The Hall–Kier alpha value is -2.26. The number of hydrogen-bond acceptors (Lipinski definition) is 3. The Morgan fingerprint density at radius 2 is 1.28 bits per heavy atom. The Bertz CT molecular complexity index is 660. The van der Waals surface area contributed by atoms with Gasteiger partial charge in [0.05, 0.1) is 0 Å². The molecule has 1 saturated carbocycles. The van der Waals surface area contributed by atoms with Crippen molar-refractivity contribution in [3.8, 4) is 11.5 Å². The van der Waals surface area contributed by atoms with E-state index in [2.05, 4.69) is 0 Å². The number of allylic oxidation sites excluding steroid dienone is 1. The van der Waals surface area contributed by atoms with E-state index in [-0.39, 0.29) is 18.1 Å². The molecule has 1 fully saturated rings. The maximum absolute atomic E-state index is 9.65. The Morgan fingerprint density at radius 3 is 1.72 bits per heavy atom. The average Bonchev–Trinajstić information content (AvgIpc) is 3.15. The molecule has 2 aromatic rings. The highest BCUT2D eigenvalue weighted by atomic mass is 16.3. The molecule has 0 atom stereocenters. The Labute approximate surface area is 149 Å². The minimum Gasteiger partial charge on any atom is -0.508 e. The first-order valence-corrected chi connectivity index (χ1v) is 9.11. The molecular formula is C22H26O3. The topological polar surface area (TPSA) is 60.7 Å². The van der Waals surface area contributed by atoms with Crippen LogP contribution in [0.25, 0.3) is 5.57 Å². The molecule has 2 aromatic carbocycles. The second kappa shape index (κ2) is 8.21. The van der Waals surface area contributed by atoms with Crippen LogP contribution in [0.15, 0.2) is 54.1 Å². The fraction of sp³-hybridized carbons (Fsp3) is 0.364. The molecule has 0 aromatic heterocycles. The highest BCUT2D eigenvalue weighted by Gasteiger charge is 2.23. The SMILES string of the molecule is OCCCC(=C(c1ccc(O)cc1)c1ccc(O)cc1)C1CCCC1. The fourth-order valence-corrected chi connectivity index (χ4v) is 3.87. The molecule has 1 aliphatic carbocycles. The van der Waals surface area contributed by atoms with E-state index >= 15 is 0 Å². The normalized spacial score (nSPS) is 14.6. The van der Waals surface area contributed by atoms with Crippen LogP contribution >= 0.6 is 0 Å². The number of benzene rings is 2. The van der Waals surface area contributed by atoms with E-state index in [1.165, 1.54) is 36.8 Å². The predicted molar refractivity (Wildman–Crippen MR) is 101 cm³/mol. The van der Waals surface area contributed by atoms with Gasteiger partial charge in [0, 0.05) is 6.61 Å². The molecule has 0 spiro atoms. The summed E-state index contributed by atoms with van der Waals surface area (Å²) in [7, 11) is 0. The van der Waals surface area contributed by atoms with Crippen LogP contribution in [-0.2, 0) is 0 Å². The fourth-order valence-electron chi connectivity index (χ4n) is 3.87. The summed E-state index contributed by atoms with van der Waals surface area (Å²) in [5.74, 6) is 1.06. The van der Waals surface area contributed by atoms with Crippen LogP contribution in [0, 0.1) is 5.92 Å². The van der Waals surface area contributed by atoms with E-state index in [1.54, 1.807) is 24.3 Å². The Kier molecular flexibility index (Phi) is 5.77. The van der Waals surface area contributed by atoms with Gasteiger partial charge in [0.2, 0.25) is 0 Å². The molecular weight excluding hydrogens is 312 g/mol. The van der Waals surface area contributed by atoms with Crippen LogP contribution in [0.1, 0.15) is 49.7 Å². The van der Waals surface area contributed by atoms with Crippen molar-refractivity contribution in [1.29, 1.82) is 0 Å². The monoisotopic (exact) mass is 338 g/mol. The smallest absolute Gasteiger partial charge is 0.115 e. The molecule has 3 N–H and O–H groups in total. The average molecular weight is 338 g/mol. The number of aliphatic hydroxyl groups is 1. The molecule has 25 heavy (non-hydrogen) atoms. The standard InChI is InChI=1S/C22H26O3/c23-15-3-6-21(16-4-1-2-5-16)22(17-7-11-19(24)12-8-17)18-9-13-20(25)14-10-18/h7-14,16,23-25H,1-6,15H2. The molecule has 0 saturated heterocycles. The summed E-state index contributed by atoms with van der Waals surface area (Å²) >= 11 is 0. The lowest BCUT2D eigenvalue weighted by Gasteiger charge is -2.22. The van der Waals surface area contributed by atoms with E-state index in [1.807, 2.05) is 24.3 Å². The van der Waals surface area contributed by atoms with Crippen molar-refractivity contribution in [2.24, 2.45) is 5.92 Å². The van der Waals surface area contributed by atoms with Crippen LogP contribution in [-0.4, -0.2) is 21.9 Å². The first kappa shape index (κ1) is 17.6. The summed E-state index contributed by atoms with van der Waals surface area (Å²) < 4.78 is 0. The third kappa shape index (κ3) is 4.23. The molecule has 3 heteroatoms. The van der Waals surface area contributed by atoms with Crippen molar-refractivity contribution >= 4 is 5.57 Å². The van der Waals surface area contributed by atoms with Gasteiger partial charge in [-0.3, -0.25) is 0 Å². The molecule has 0 bridgehead atoms. The molecule has 132 valence electrons. The summed E-state index contributed by atoms with van der Waals surface area (Å²) in [5.41, 5.74) is 4.72. The zero-order chi connectivity index (χ0) is 17.6. The van der Waals surface area contributed by atoms with Gasteiger partial charge < -0.3 is 15.3 Å². The van der Waals surface area contributed by atoms with Crippen LogP contribution in [0.3, 0.4) is 0 Å². The molecule has 1 aliphatic rings. The van der Waals surface area contributed by atoms with Gasteiger partial charge in [0.25, 0.3) is 0 Å². The van der Waals surface area contributed by atoms with E-state index < -0.39 is 0 Å². The van der Waals surface area contributed by atoms with Gasteiger partial charge in [-0.05, 0) is 72.6 Å². The van der Waals surface area contributed by atoms with Crippen molar-refractivity contribution < 1.29 is 15.3 Å². The van der Waals surface area contributed by atoms with Crippen LogP contribution in [0.4, 0.5) is 0 Å². The number of phenolic OH excluding ortho intramolecular Hbond substituents is 2. The van der Waals surface area contributed by atoms with Crippen molar-refractivity contribution in [2.75, 3.05) is 6.61 Å². The zero-order valence-corrected chi connectivity index (χ0v) is 14.5. The van der Waals surface area contributed by atoms with E-state index in [0.29, 0.717) is 5.92 Å². The second-order valence-electron chi connectivity index (χ2n) is 6.80. The van der Waals surface area contributed by atoms with Gasteiger partial charge in [-0.15, -0.1) is 0 Å². The van der Waals surface area contributed by atoms with Crippen molar-refractivity contribution in [2.45, 2.75) is 38.5 Å². The summed E-state index contributed by atoms with van der Waals surface area (Å²) in [6.07, 6.45) is 6.53. The van der Waals surface area contributed by atoms with Crippen molar-refractivity contribution in [3.05, 3.63) is 65.2 Å². The highest BCUT2D eigenvalue weighted by molar-refractivity contribution is 5.82. The molecule has 3 nitrogen and oxygen atoms in total. The molecule has 0 amide bonds. The zero-order valence-electron chi connectivity index (χ0n) is 14.5. The van der Waals surface area contributed by atoms with Crippen molar-refractivity contribution in [1.82, 2.24) is 0 Å². The minimum absolute atomic E-state index is 0.189. The molecule has 3 rings (SSSR count). The van der Waals surface area contributed by atoms with Gasteiger partial charge in [-0.25, -0.2) is 0 Å². The third-order valence-electron chi connectivity index (χ3n) is 5.09. The van der Waals surface area contributed by atoms with E-state index in [9.17, 15) is 15.3 Å². The van der Waals surface area contributed by atoms with Crippen LogP contribution < -0.4 is 0 Å². The van der Waals surface area contributed by atoms with Gasteiger partial charge in [0.1, 0.15) is 11.5 Å². The largest absolute Gasteiger partial charge is 0.508 e. The lowest BCUT2D eigenvalue weighted by molar-refractivity contribution is 0.287. The number of hydrogen-bond donors (Lipinski definition) is 3. The first-order chi connectivity index (χ1) is 12.2. The summed E-state index contributed by atoms with van der Waals surface area (Å²) in [5, 5.41) is 28.7. The van der Waals surface area contributed by atoms with E-state index in [4.69, 9.17) is 0 Å². The third-order valence-corrected chi connectivity index (χ3v) is 5.09. The lowest BCUT2D eigenvalue weighted by Crippen LogP contribution is -2.05. The molecule has 0 aliphatic heterocycles. The van der Waals surface area contributed by atoms with Gasteiger partial charge in [0.15, 0.2) is 0 Å². The molecule has 0 heterocycles. The Balaban J connectivity index is 2.14. The molecule has 0 radical (unpaired) electrons. The summed E-state index contributed by atoms with van der Waals surface area (Å²) in [6.45, 7) is 0.189. The second-order valence-corrected chi connectivity index (χ2v) is 6.80. The summed E-state index contributed by atoms with van der Waals surface area (Å²) in [6, 6.07) is 14.7. The number of aliphatic hydroxyl groups excluding tert-OH is 1. The number of rotatable bonds is 6. The lowest BCUT2D eigenvalue weighted by atomic mass is 9.83. The van der Waals surface area contributed by atoms with Crippen LogP contribution in [0.2, 0.25) is 0 Å².